The Morgan fingerprint density at radius 3 is 2.94 bits per heavy atom. The fourth-order valence-electron chi connectivity index (χ4n) is 2.19. The number of ether oxygens (including phenoxy) is 1. The van der Waals surface area contributed by atoms with Crippen LogP contribution in [0, 0.1) is 0 Å². The summed E-state index contributed by atoms with van der Waals surface area (Å²) in [6, 6.07) is 14.4. The fraction of sp³-hybridized carbons (Fsp3) is 0.333. The van der Waals surface area contributed by atoms with Gasteiger partial charge in [0.25, 0.3) is 0 Å². The smallest absolute Gasteiger partial charge is 0.104 e. The Morgan fingerprint density at radius 2 is 2.17 bits per heavy atom. The Hall–Kier alpha value is -1.16. The molecule has 3 rings (SSSR count). The molecule has 2 aromatic rings. The monoisotopic (exact) mass is 260 g/mol. The van der Waals surface area contributed by atoms with Crippen LogP contribution in [0.5, 0.6) is 0 Å². The van der Waals surface area contributed by atoms with Gasteiger partial charge in [-0.3, -0.25) is 4.90 Å². The first kappa shape index (κ1) is 10.7. The van der Waals surface area contributed by atoms with Crippen LogP contribution < -0.4 is 0 Å². The molecule has 0 saturated carbocycles. The number of hydrogen-bond donors (Lipinski definition) is 0. The van der Waals surface area contributed by atoms with E-state index < -0.39 is 6.08 Å². The molecule has 1 aromatic carbocycles. The summed E-state index contributed by atoms with van der Waals surface area (Å²) in [7, 11) is 0. The highest BCUT2D eigenvalue weighted by atomic mass is 32.1. The number of nitrogens with zero attached hydrogens (tertiary/aromatic N) is 1. The normalized spacial score (nSPS) is 25.9. The van der Waals surface area contributed by atoms with Gasteiger partial charge in [-0.15, -0.1) is 11.3 Å². The molecule has 0 N–H and O–H groups in total. The number of benzene rings is 1. The largest absolute Gasteiger partial charge is 0.370 e. The van der Waals surface area contributed by atoms with Crippen LogP contribution in [-0.2, 0) is 11.3 Å². The summed E-state index contributed by atoms with van der Waals surface area (Å²) >= 11 is 1.60. The minimum absolute atomic E-state index is 0.619. The maximum atomic E-state index is 8.52. The maximum absolute atomic E-state index is 8.52. The highest BCUT2D eigenvalue weighted by Gasteiger charge is 2.22. The molecule has 1 aromatic heterocycles. The minimum atomic E-state index is -0.902. The molecule has 3 heteroatoms. The molecule has 0 radical (unpaired) electrons. The third-order valence-corrected chi connectivity index (χ3v) is 4.01. The quantitative estimate of drug-likeness (QED) is 0.839. The SMILES string of the molecule is [2H]C1(c2cccs2)CN(Cc2ccccc2)CCO1. The Balaban J connectivity index is 1.72. The predicted molar refractivity (Wildman–Crippen MR) is 74.7 cm³/mol. The van der Waals surface area contributed by atoms with Crippen LogP contribution in [0.1, 0.15) is 17.9 Å². The molecular formula is C15H17NOS. The van der Waals surface area contributed by atoms with Crippen LogP contribution in [0.3, 0.4) is 0 Å². The second kappa shape index (κ2) is 5.65. The van der Waals surface area contributed by atoms with E-state index >= 15 is 0 Å². The van der Waals surface area contributed by atoms with Crippen LogP contribution in [0.15, 0.2) is 47.8 Å². The predicted octanol–water partition coefficient (Wildman–Crippen LogP) is 3.32. The van der Waals surface area contributed by atoms with E-state index in [9.17, 15) is 0 Å². The first-order chi connectivity index (χ1) is 9.26. The number of thiophene rings is 1. The lowest BCUT2D eigenvalue weighted by Crippen LogP contribution is -2.37. The van der Waals surface area contributed by atoms with Gasteiger partial charge < -0.3 is 4.74 Å². The second-order valence-corrected chi connectivity index (χ2v) is 5.39. The van der Waals surface area contributed by atoms with Crippen LogP contribution in [-0.4, -0.2) is 24.6 Å². The molecule has 0 aliphatic carbocycles. The minimum Gasteiger partial charge on any atom is -0.370 e. The molecule has 1 atom stereocenters. The first-order valence-electron chi connectivity index (χ1n) is 6.70. The van der Waals surface area contributed by atoms with Crippen molar-refractivity contribution >= 4 is 11.3 Å². The van der Waals surface area contributed by atoms with Gasteiger partial charge in [0.1, 0.15) is 6.08 Å². The van der Waals surface area contributed by atoms with Crippen molar-refractivity contribution in [2.75, 3.05) is 19.7 Å². The van der Waals surface area contributed by atoms with Gasteiger partial charge in [-0.05, 0) is 17.0 Å². The van der Waals surface area contributed by atoms with Gasteiger partial charge in [0, 0.05) is 24.5 Å². The average Bonchev–Trinajstić information content (AvgIpc) is 2.95. The third kappa shape index (κ3) is 2.80. The number of morpholine rings is 1. The molecule has 0 amide bonds. The van der Waals surface area contributed by atoms with Gasteiger partial charge in [0.15, 0.2) is 0 Å². The van der Waals surface area contributed by atoms with E-state index in [1.807, 2.05) is 23.6 Å². The molecular weight excluding hydrogens is 242 g/mol. The van der Waals surface area contributed by atoms with Gasteiger partial charge >= 0.3 is 0 Å². The summed E-state index contributed by atoms with van der Waals surface area (Å²) in [4.78, 5) is 3.29. The molecule has 1 unspecified atom stereocenters. The van der Waals surface area contributed by atoms with Crippen molar-refractivity contribution in [3.8, 4) is 0 Å². The summed E-state index contributed by atoms with van der Waals surface area (Å²) in [6.07, 6.45) is -0.902. The standard InChI is InChI=1S/C15H17NOS/c1-2-5-13(6-3-1)11-16-8-9-17-14(12-16)15-7-4-10-18-15/h1-7,10,14H,8-9,11-12H2/i14D. The summed E-state index contributed by atoms with van der Waals surface area (Å²) in [5.74, 6) is 0. The number of hydrogen-bond acceptors (Lipinski definition) is 3. The molecule has 18 heavy (non-hydrogen) atoms. The molecule has 1 saturated heterocycles. The molecule has 94 valence electrons. The lowest BCUT2D eigenvalue weighted by Gasteiger charge is -2.32. The van der Waals surface area contributed by atoms with Gasteiger partial charge in [-0.1, -0.05) is 36.4 Å². The Bertz CT molecular complexity index is 516. The van der Waals surface area contributed by atoms with E-state index in [1.165, 1.54) is 5.56 Å². The first-order valence-corrected chi connectivity index (χ1v) is 7.08. The molecule has 0 spiro atoms. The number of rotatable bonds is 3. The van der Waals surface area contributed by atoms with E-state index in [-0.39, 0.29) is 0 Å². The van der Waals surface area contributed by atoms with E-state index in [0.29, 0.717) is 13.2 Å². The zero-order chi connectivity index (χ0) is 13.1. The lowest BCUT2D eigenvalue weighted by atomic mass is 10.2. The third-order valence-electron chi connectivity index (χ3n) is 3.10. The summed E-state index contributed by atoms with van der Waals surface area (Å²) in [5, 5.41) is 2.01. The van der Waals surface area contributed by atoms with Crippen LogP contribution in [0.4, 0.5) is 0 Å². The molecule has 1 fully saturated rings. The van der Waals surface area contributed by atoms with Crippen LogP contribution in [0.2, 0.25) is 0 Å². The van der Waals surface area contributed by atoms with Crippen molar-refractivity contribution in [3.05, 3.63) is 58.3 Å². The molecule has 0 bridgehead atoms. The summed E-state index contributed by atoms with van der Waals surface area (Å²) < 4.78 is 14.2. The van der Waals surface area contributed by atoms with Crippen molar-refractivity contribution in [3.63, 3.8) is 0 Å². The molecule has 1 aliphatic rings. The molecule has 2 heterocycles. The Kier molecular flexibility index (Phi) is 3.37. The second-order valence-electron chi connectivity index (χ2n) is 4.45. The summed E-state index contributed by atoms with van der Waals surface area (Å²) in [5.41, 5.74) is 1.29. The average molecular weight is 260 g/mol. The van der Waals surface area contributed by atoms with Gasteiger partial charge in [-0.2, -0.15) is 0 Å². The van der Waals surface area contributed by atoms with Crippen molar-refractivity contribution in [1.82, 2.24) is 4.90 Å². The molecule has 2 nitrogen and oxygen atoms in total. The zero-order valence-electron chi connectivity index (χ0n) is 11.2. The van der Waals surface area contributed by atoms with E-state index in [1.54, 1.807) is 11.3 Å². The topological polar surface area (TPSA) is 12.5 Å². The van der Waals surface area contributed by atoms with Gasteiger partial charge in [0.2, 0.25) is 0 Å². The maximum Gasteiger partial charge on any atom is 0.104 e. The van der Waals surface area contributed by atoms with E-state index in [0.717, 1.165) is 18.0 Å². The van der Waals surface area contributed by atoms with Crippen molar-refractivity contribution in [2.45, 2.75) is 12.6 Å². The Labute approximate surface area is 113 Å². The molecule has 1 aliphatic heterocycles. The van der Waals surface area contributed by atoms with E-state index in [2.05, 4.69) is 29.2 Å². The van der Waals surface area contributed by atoms with Gasteiger partial charge in [0.05, 0.1) is 7.98 Å². The zero-order valence-corrected chi connectivity index (χ0v) is 11.0. The fourth-order valence-corrected chi connectivity index (χ4v) is 2.90. The van der Waals surface area contributed by atoms with Crippen LogP contribution in [0.25, 0.3) is 0 Å². The van der Waals surface area contributed by atoms with Gasteiger partial charge in [-0.25, -0.2) is 0 Å². The lowest BCUT2D eigenvalue weighted by molar-refractivity contribution is -0.0311. The van der Waals surface area contributed by atoms with E-state index in [4.69, 9.17) is 6.11 Å². The van der Waals surface area contributed by atoms with Crippen molar-refractivity contribution in [1.29, 1.82) is 0 Å². The Morgan fingerprint density at radius 1 is 1.28 bits per heavy atom. The van der Waals surface area contributed by atoms with Crippen LogP contribution >= 0.6 is 11.3 Å². The van der Waals surface area contributed by atoms with Crippen molar-refractivity contribution in [2.24, 2.45) is 0 Å². The highest BCUT2D eigenvalue weighted by molar-refractivity contribution is 7.10. The highest BCUT2D eigenvalue weighted by Crippen LogP contribution is 2.26. The summed E-state index contributed by atoms with van der Waals surface area (Å²) in [6.45, 7) is 3.02. The van der Waals surface area contributed by atoms with Crippen molar-refractivity contribution < 1.29 is 6.11 Å².